The topological polar surface area (TPSA) is 21.3 Å². The number of hydrogen-bond donors (Lipinski definition) is 1. The third kappa shape index (κ3) is 3.49. The first kappa shape index (κ1) is 13.4. The van der Waals surface area contributed by atoms with Crippen LogP contribution in [0.1, 0.15) is 50.6 Å². The van der Waals surface area contributed by atoms with Crippen molar-refractivity contribution in [3.63, 3.8) is 0 Å². The Morgan fingerprint density at radius 1 is 1.39 bits per heavy atom. The van der Waals surface area contributed by atoms with Crippen LogP contribution in [0, 0.1) is 5.92 Å². The molecule has 2 nitrogen and oxygen atoms in total. The van der Waals surface area contributed by atoms with Crippen molar-refractivity contribution in [2.24, 2.45) is 5.92 Å². The largest absolute Gasteiger partial charge is 0.494 e. The van der Waals surface area contributed by atoms with Crippen LogP contribution in [0.2, 0.25) is 0 Å². The molecule has 1 unspecified atom stereocenters. The zero-order valence-electron chi connectivity index (χ0n) is 11.6. The van der Waals surface area contributed by atoms with Gasteiger partial charge in [0.2, 0.25) is 0 Å². The van der Waals surface area contributed by atoms with Crippen molar-refractivity contribution < 1.29 is 4.74 Å². The highest BCUT2D eigenvalue weighted by Crippen LogP contribution is 2.35. The van der Waals surface area contributed by atoms with Crippen molar-refractivity contribution in [3.05, 3.63) is 29.8 Å². The first-order chi connectivity index (χ1) is 8.83. The molecule has 0 spiro atoms. The molecule has 0 aromatic heterocycles. The van der Waals surface area contributed by atoms with Gasteiger partial charge in [-0.15, -0.1) is 0 Å². The fourth-order valence-corrected chi connectivity index (χ4v) is 2.52. The van der Waals surface area contributed by atoms with Crippen LogP contribution < -0.4 is 10.1 Å². The van der Waals surface area contributed by atoms with Gasteiger partial charge in [-0.1, -0.05) is 38.3 Å². The van der Waals surface area contributed by atoms with Crippen LogP contribution in [0.4, 0.5) is 0 Å². The molecule has 2 heteroatoms. The van der Waals surface area contributed by atoms with E-state index in [-0.39, 0.29) is 0 Å². The Hall–Kier alpha value is -1.02. The predicted molar refractivity (Wildman–Crippen MR) is 76.0 cm³/mol. The molecule has 1 N–H and O–H groups in total. The molecule has 1 aliphatic rings. The Morgan fingerprint density at radius 2 is 2.22 bits per heavy atom. The monoisotopic (exact) mass is 247 g/mol. The van der Waals surface area contributed by atoms with Gasteiger partial charge in [0.25, 0.3) is 0 Å². The lowest BCUT2D eigenvalue weighted by Crippen LogP contribution is -2.23. The highest BCUT2D eigenvalue weighted by atomic mass is 16.5. The molecule has 1 atom stereocenters. The van der Waals surface area contributed by atoms with Gasteiger partial charge in [0.15, 0.2) is 0 Å². The van der Waals surface area contributed by atoms with Gasteiger partial charge in [-0.2, -0.15) is 0 Å². The molecule has 18 heavy (non-hydrogen) atoms. The molecule has 1 saturated carbocycles. The van der Waals surface area contributed by atoms with E-state index >= 15 is 0 Å². The Balaban J connectivity index is 1.99. The number of ether oxygens (including phenoxy) is 1. The van der Waals surface area contributed by atoms with E-state index in [2.05, 4.69) is 43.6 Å². The van der Waals surface area contributed by atoms with Gasteiger partial charge in [-0.25, -0.2) is 0 Å². The molecule has 0 saturated heterocycles. The maximum atomic E-state index is 5.71. The number of nitrogens with one attached hydrogen (secondary N) is 1. The first-order valence-corrected chi connectivity index (χ1v) is 7.23. The van der Waals surface area contributed by atoms with Crippen LogP contribution in [0.5, 0.6) is 5.75 Å². The zero-order chi connectivity index (χ0) is 12.8. The van der Waals surface area contributed by atoms with E-state index in [4.69, 9.17) is 4.74 Å². The lowest BCUT2D eigenvalue weighted by Gasteiger charge is -2.30. The summed E-state index contributed by atoms with van der Waals surface area (Å²) in [5.41, 5.74) is 1.36. The summed E-state index contributed by atoms with van der Waals surface area (Å²) >= 11 is 0. The quantitative estimate of drug-likeness (QED) is 0.788. The van der Waals surface area contributed by atoms with E-state index in [1.54, 1.807) is 0 Å². The average molecular weight is 247 g/mol. The number of rotatable bonds is 7. The molecule has 1 fully saturated rings. The third-order valence-electron chi connectivity index (χ3n) is 3.88. The molecule has 0 amide bonds. The second-order valence-electron chi connectivity index (χ2n) is 5.29. The Bertz CT molecular complexity index is 360. The summed E-state index contributed by atoms with van der Waals surface area (Å²) in [6, 6.07) is 9.02. The van der Waals surface area contributed by atoms with E-state index in [1.807, 2.05) is 0 Å². The van der Waals surface area contributed by atoms with Crippen LogP contribution in [-0.4, -0.2) is 13.7 Å². The van der Waals surface area contributed by atoms with E-state index < -0.39 is 0 Å². The minimum Gasteiger partial charge on any atom is -0.494 e. The minimum absolute atomic E-state index is 0.473. The Labute approximate surface area is 111 Å². The van der Waals surface area contributed by atoms with Crippen molar-refractivity contribution in [1.82, 2.24) is 5.32 Å². The summed E-state index contributed by atoms with van der Waals surface area (Å²) < 4.78 is 5.71. The molecular formula is C16H25NO. The SMILES string of the molecule is CCCOc1cccc(C(CC2CCC2)NC)c1. The summed E-state index contributed by atoms with van der Waals surface area (Å²) in [6.45, 7) is 2.94. The average Bonchev–Trinajstić information content (AvgIpc) is 2.36. The summed E-state index contributed by atoms with van der Waals surface area (Å²) in [4.78, 5) is 0. The number of hydrogen-bond acceptors (Lipinski definition) is 2. The zero-order valence-corrected chi connectivity index (χ0v) is 11.6. The molecule has 1 aromatic carbocycles. The van der Waals surface area contributed by atoms with Crippen LogP contribution in [0.15, 0.2) is 24.3 Å². The molecule has 0 bridgehead atoms. The standard InChI is InChI=1S/C16H25NO/c1-3-10-18-15-9-5-8-14(12-15)16(17-2)11-13-6-4-7-13/h5,8-9,12-13,16-17H,3-4,6-7,10-11H2,1-2H3. The molecule has 1 aliphatic carbocycles. The van der Waals surface area contributed by atoms with E-state index in [9.17, 15) is 0 Å². The lowest BCUT2D eigenvalue weighted by molar-refractivity contribution is 0.265. The Morgan fingerprint density at radius 3 is 2.83 bits per heavy atom. The summed E-state index contributed by atoms with van der Waals surface area (Å²) in [6.07, 6.45) is 6.55. The van der Waals surface area contributed by atoms with Gasteiger partial charge in [-0.05, 0) is 43.5 Å². The molecule has 0 aliphatic heterocycles. The summed E-state index contributed by atoms with van der Waals surface area (Å²) in [7, 11) is 2.06. The second kappa shape index (κ2) is 6.79. The third-order valence-corrected chi connectivity index (χ3v) is 3.88. The van der Waals surface area contributed by atoms with Crippen molar-refractivity contribution in [1.29, 1.82) is 0 Å². The van der Waals surface area contributed by atoms with Crippen LogP contribution >= 0.6 is 0 Å². The van der Waals surface area contributed by atoms with Gasteiger partial charge < -0.3 is 10.1 Å². The predicted octanol–water partition coefficient (Wildman–Crippen LogP) is 3.93. The van der Waals surface area contributed by atoms with Crippen molar-refractivity contribution in [3.8, 4) is 5.75 Å². The van der Waals surface area contributed by atoms with Crippen LogP contribution in [0.25, 0.3) is 0 Å². The fourth-order valence-electron chi connectivity index (χ4n) is 2.52. The first-order valence-electron chi connectivity index (χ1n) is 7.23. The van der Waals surface area contributed by atoms with Crippen LogP contribution in [0.3, 0.4) is 0 Å². The highest BCUT2D eigenvalue weighted by molar-refractivity contribution is 5.30. The van der Waals surface area contributed by atoms with Gasteiger partial charge >= 0.3 is 0 Å². The van der Waals surface area contributed by atoms with Gasteiger partial charge in [-0.3, -0.25) is 0 Å². The van der Waals surface area contributed by atoms with E-state index in [1.165, 1.54) is 31.2 Å². The molecule has 100 valence electrons. The minimum atomic E-state index is 0.473. The maximum absolute atomic E-state index is 5.71. The van der Waals surface area contributed by atoms with Gasteiger partial charge in [0.1, 0.15) is 5.75 Å². The van der Waals surface area contributed by atoms with E-state index in [0.717, 1.165) is 24.7 Å². The van der Waals surface area contributed by atoms with Crippen molar-refractivity contribution in [2.45, 2.75) is 45.1 Å². The molecule has 2 rings (SSSR count). The smallest absolute Gasteiger partial charge is 0.119 e. The van der Waals surface area contributed by atoms with Crippen molar-refractivity contribution >= 4 is 0 Å². The van der Waals surface area contributed by atoms with Gasteiger partial charge in [0.05, 0.1) is 6.61 Å². The van der Waals surface area contributed by atoms with Crippen LogP contribution in [-0.2, 0) is 0 Å². The van der Waals surface area contributed by atoms with E-state index in [0.29, 0.717) is 6.04 Å². The second-order valence-corrected chi connectivity index (χ2v) is 5.29. The molecule has 1 aromatic rings. The molecule has 0 radical (unpaired) electrons. The van der Waals surface area contributed by atoms with Crippen molar-refractivity contribution in [2.75, 3.05) is 13.7 Å². The maximum Gasteiger partial charge on any atom is 0.119 e. The summed E-state index contributed by atoms with van der Waals surface area (Å²) in [5, 5.41) is 3.45. The Kier molecular flexibility index (Phi) is 5.06. The normalized spacial score (nSPS) is 17.2. The highest BCUT2D eigenvalue weighted by Gasteiger charge is 2.22. The molecular weight excluding hydrogens is 222 g/mol. The fraction of sp³-hybridized carbons (Fsp3) is 0.625. The summed E-state index contributed by atoms with van der Waals surface area (Å²) in [5.74, 6) is 1.92. The lowest BCUT2D eigenvalue weighted by atomic mass is 9.79. The number of benzene rings is 1. The molecule has 0 heterocycles. The van der Waals surface area contributed by atoms with Gasteiger partial charge in [0, 0.05) is 6.04 Å².